The lowest BCUT2D eigenvalue weighted by atomic mass is 9.94. The zero-order chi connectivity index (χ0) is 23.7. The monoisotopic (exact) mass is 463 g/mol. The van der Waals surface area contributed by atoms with E-state index in [0.717, 1.165) is 0 Å². The fraction of sp³-hybridized carbons (Fsp3) is 0.240. The third kappa shape index (κ3) is 3.89. The highest BCUT2D eigenvalue weighted by molar-refractivity contribution is 6.46. The van der Waals surface area contributed by atoms with Crippen LogP contribution in [0.5, 0.6) is 11.5 Å². The van der Waals surface area contributed by atoms with E-state index in [1.54, 1.807) is 43.0 Å². The Balaban J connectivity index is 1.55. The molecule has 5 rings (SSSR count). The Morgan fingerprint density at radius 1 is 1.09 bits per heavy atom. The number of halogens is 1. The molecule has 3 heterocycles. The Bertz CT molecular complexity index is 1270. The normalized spacial score (nSPS) is 19.0. The number of carbonyl (C=O) groups is 2. The number of imidazole rings is 1. The Morgan fingerprint density at radius 3 is 2.65 bits per heavy atom. The minimum absolute atomic E-state index is 0.142. The number of ether oxygens (including phenoxy) is 2. The van der Waals surface area contributed by atoms with Gasteiger partial charge in [0.25, 0.3) is 11.7 Å². The smallest absolute Gasteiger partial charge is 0.295 e. The molecule has 2 aliphatic rings. The number of aromatic nitrogens is 2. The van der Waals surface area contributed by atoms with Crippen LogP contribution in [0.4, 0.5) is 4.39 Å². The number of hydrogen-bond donors (Lipinski definition) is 1. The number of aryl methyl sites for hydroxylation is 1. The minimum atomic E-state index is -1.06. The van der Waals surface area contributed by atoms with E-state index in [1.165, 1.54) is 23.1 Å². The van der Waals surface area contributed by atoms with Crippen LogP contribution in [0.2, 0.25) is 0 Å². The van der Waals surface area contributed by atoms with Gasteiger partial charge < -0.3 is 24.0 Å². The van der Waals surface area contributed by atoms with Crippen molar-refractivity contribution in [1.29, 1.82) is 0 Å². The molecule has 174 valence electrons. The molecule has 1 fully saturated rings. The molecule has 1 amide bonds. The fourth-order valence-electron chi connectivity index (χ4n) is 4.32. The number of carbonyl (C=O) groups excluding carboxylic acids is 2. The lowest BCUT2D eigenvalue weighted by Gasteiger charge is -2.26. The predicted octanol–water partition coefficient (Wildman–Crippen LogP) is 3.31. The summed E-state index contributed by atoms with van der Waals surface area (Å²) in [5, 5.41) is 11.2. The van der Waals surface area contributed by atoms with Crippen molar-refractivity contribution in [3.05, 3.63) is 83.7 Å². The molecule has 0 saturated carbocycles. The zero-order valence-electron chi connectivity index (χ0n) is 18.2. The van der Waals surface area contributed by atoms with Gasteiger partial charge in [-0.3, -0.25) is 9.59 Å². The maximum absolute atomic E-state index is 14.9. The van der Waals surface area contributed by atoms with Crippen molar-refractivity contribution in [3.8, 4) is 11.5 Å². The van der Waals surface area contributed by atoms with Crippen molar-refractivity contribution in [1.82, 2.24) is 14.5 Å². The van der Waals surface area contributed by atoms with Gasteiger partial charge in [0, 0.05) is 36.6 Å². The van der Waals surface area contributed by atoms with Gasteiger partial charge in [0.2, 0.25) is 0 Å². The third-order valence-electron chi connectivity index (χ3n) is 5.93. The van der Waals surface area contributed by atoms with E-state index < -0.39 is 23.5 Å². The number of amides is 1. The van der Waals surface area contributed by atoms with E-state index in [4.69, 9.17) is 9.47 Å². The van der Waals surface area contributed by atoms with Crippen molar-refractivity contribution in [2.24, 2.45) is 0 Å². The molecule has 0 bridgehead atoms. The summed E-state index contributed by atoms with van der Waals surface area (Å²) in [6.45, 7) is 1.53. The first-order valence-electron chi connectivity index (χ1n) is 10.9. The van der Waals surface area contributed by atoms with Crippen LogP contribution in [0.1, 0.15) is 23.6 Å². The summed E-state index contributed by atoms with van der Waals surface area (Å²) >= 11 is 0. The number of ketones is 1. The number of aliphatic hydroxyl groups is 1. The van der Waals surface area contributed by atoms with Gasteiger partial charge in [-0.15, -0.1) is 0 Å². The summed E-state index contributed by atoms with van der Waals surface area (Å²) < 4.78 is 27.8. The number of hydrogen-bond acceptors (Lipinski definition) is 6. The van der Waals surface area contributed by atoms with Crippen LogP contribution in [-0.2, 0) is 16.1 Å². The van der Waals surface area contributed by atoms with Gasteiger partial charge >= 0.3 is 0 Å². The molecule has 34 heavy (non-hydrogen) atoms. The first kappa shape index (κ1) is 21.7. The van der Waals surface area contributed by atoms with Crippen LogP contribution in [0, 0.1) is 5.82 Å². The van der Waals surface area contributed by atoms with Gasteiger partial charge in [0.05, 0.1) is 17.9 Å². The third-order valence-corrected chi connectivity index (χ3v) is 5.93. The van der Waals surface area contributed by atoms with Gasteiger partial charge in [-0.25, -0.2) is 9.37 Å². The average Bonchev–Trinajstić information content (AvgIpc) is 3.46. The van der Waals surface area contributed by atoms with Gasteiger partial charge in [0.15, 0.2) is 11.5 Å². The molecule has 2 aromatic carbocycles. The van der Waals surface area contributed by atoms with Gasteiger partial charge in [-0.05, 0) is 30.7 Å². The Hall–Kier alpha value is -4.14. The van der Waals surface area contributed by atoms with Crippen molar-refractivity contribution in [2.75, 3.05) is 19.8 Å². The molecule has 3 aromatic rings. The number of fused-ring (bicyclic) bond motifs is 1. The van der Waals surface area contributed by atoms with E-state index >= 15 is 0 Å². The zero-order valence-corrected chi connectivity index (χ0v) is 18.2. The maximum atomic E-state index is 14.9. The van der Waals surface area contributed by atoms with E-state index in [9.17, 15) is 19.1 Å². The van der Waals surface area contributed by atoms with Gasteiger partial charge in [-0.1, -0.05) is 18.2 Å². The second-order valence-electron chi connectivity index (χ2n) is 8.03. The summed E-state index contributed by atoms with van der Waals surface area (Å²) in [6.07, 6.45) is 5.62. The second-order valence-corrected chi connectivity index (χ2v) is 8.03. The topological polar surface area (TPSA) is 93.9 Å². The summed E-state index contributed by atoms with van der Waals surface area (Å²) in [4.78, 5) is 31.4. The highest BCUT2D eigenvalue weighted by Crippen LogP contribution is 2.41. The van der Waals surface area contributed by atoms with Crippen LogP contribution in [-0.4, -0.2) is 51.0 Å². The lowest BCUT2D eigenvalue weighted by molar-refractivity contribution is -0.140. The van der Waals surface area contributed by atoms with Crippen LogP contribution in [0.15, 0.2) is 66.8 Å². The van der Waals surface area contributed by atoms with Crippen molar-refractivity contribution < 1.29 is 28.6 Å². The van der Waals surface area contributed by atoms with E-state index in [2.05, 4.69) is 4.98 Å². The Kier molecular flexibility index (Phi) is 5.75. The van der Waals surface area contributed by atoms with Crippen molar-refractivity contribution in [2.45, 2.75) is 19.0 Å². The number of Topliss-reactive ketones (excluding diaryl/α,β-unsaturated/α-hetero) is 1. The van der Waals surface area contributed by atoms with Crippen molar-refractivity contribution in [3.63, 3.8) is 0 Å². The number of rotatable bonds is 6. The Labute approximate surface area is 194 Å². The molecular weight excluding hydrogens is 441 g/mol. The summed E-state index contributed by atoms with van der Waals surface area (Å²) in [5.41, 5.74) is 0.264. The van der Waals surface area contributed by atoms with Crippen LogP contribution in [0.3, 0.4) is 0 Å². The van der Waals surface area contributed by atoms with Gasteiger partial charge in [-0.2, -0.15) is 0 Å². The molecule has 1 unspecified atom stereocenters. The van der Waals surface area contributed by atoms with Gasteiger partial charge in [0.1, 0.15) is 24.8 Å². The number of aliphatic hydroxyl groups excluding tert-OH is 1. The van der Waals surface area contributed by atoms with E-state index in [1.807, 2.05) is 4.57 Å². The van der Waals surface area contributed by atoms with Crippen LogP contribution >= 0.6 is 0 Å². The Morgan fingerprint density at radius 2 is 1.88 bits per heavy atom. The number of nitrogens with zero attached hydrogens (tertiary/aromatic N) is 3. The van der Waals surface area contributed by atoms with E-state index in [0.29, 0.717) is 37.7 Å². The maximum Gasteiger partial charge on any atom is 0.295 e. The van der Waals surface area contributed by atoms with Crippen LogP contribution < -0.4 is 9.47 Å². The SMILES string of the molecule is O=C1C(=O)N(CCCn2ccnc2)C(c2ccccc2F)/C1=C(\O)c1ccc2c(c1)OCCO2. The molecule has 1 N–H and O–H groups in total. The highest BCUT2D eigenvalue weighted by atomic mass is 19.1. The van der Waals surface area contributed by atoms with E-state index in [-0.39, 0.29) is 29.0 Å². The largest absolute Gasteiger partial charge is 0.507 e. The molecule has 0 spiro atoms. The molecule has 0 aliphatic carbocycles. The van der Waals surface area contributed by atoms with Crippen LogP contribution in [0.25, 0.3) is 5.76 Å². The molecule has 2 aliphatic heterocycles. The predicted molar refractivity (Wildman–Crippen MR) is 120 cm³/mol. The second kappa shape index (κ2) is 9.01. The molecule has 9 heteroatoms. The molecule has 1 saturated heterocycles. The summed E-state index contributed by atoms with van der Waals surface area (Å²) in [5.74, 6) is -1.65. The standard InChI is InChI=1S/C25H22FN3O5/c26-18-5-2-1-4-17(18)22-21(23(30)16-6-7-19-20(14-16)34-13-12-33-19)24(31)25(32)29(22)10-3-9-28-11-8-27-15-28/h1-2,4-8,11,14-15,22,30H,3,9-10,12-13H2/b23-21+. The lowest BCUT2D eigenvalue weighted by Crippen LogP contribution is -2.31. The summed E-state index contributed by atoms with van der Waals surface area (Å²) in [6, 6.07) is 9.65. The number of benzene rings is 2. The number of likely N-dealkylation sites (tertiary alicyclic amines) is 1. The molecule has 0 radical (unpaired) electrons. The fourth-order valence-corrected chi connectivity index (χ4v) is 4.32. The first-order valence-corrected chi connectivity index (χ1v) is 10.9. The van der Waals surface area contributed by atoms with Crippen molar-refractivity contribution >= 4 is 17.4 Å². The average molecular weight is 463 g/mol. The minimum Gasteiger partial charge on any atom is -0.507 e. The highest BCUT2D eigenvalue weighted by Gasteiger charge is 2.46. The first-order chi connectivity index (χ1) is 16.5. The molecular formula is C25H22FN3O5. The summed E-state index contributed by atoms with van der Waals surface area (Å²) in [7, 11) is 0. The quantitative estimate of drug-likeness (QED) is 0.343. The molecule has 8 nitrogen and oxygen atoms in total. The molecule has 1 aromatic heterocycles. The molecule has 1 atom stereocenters.